The molecule has 1 heterocycles. The summed E-state index contributed by atoms with van der Waals surface area (Å²) in [6.07, 6.45) is 0. The number of esters is 1. The Morgan fingerprint density at radius 2 is 2.00 bits per heavy atom. The number of carbonyl (C=O) groups is 2. The monoisotopic (exact) mass is 328 g/mol. The molecule has 0 aliphatic heterocycles. The molecule has 0 spiro atoms. The van der Waals surface area contributed by atoms with Gasteiger partial charge in [0, 0.05) is 15.5 Å². The molecule has 112 valence electrons. The van der Waals surface area contributed by atoms with Crippen molar-refractivity contribution in [2.24, 2.45) is 5.41 Å². The Kier molecular flexibility index (Phi) is 4.35. The molecule has 2 rings (SSSR count). The largest absolute Gasteiger partial charge is 0.453 e. The number of benzene rings is 1. The summed E-state index contributed by atoms with van der Waals surface area (Å²) in [5.41, 5.74) is -0.576. The number of fused-ring (bicyclic) bond motifs is 1. The minimum atomic E-state index is -0.667. The first-order valence-electron chi connectivity index (χ1n) is 6.28. The van der Waals surface area contributed by atoms with Crippen molar-refractivity contribution in [1.29, 1.82) is 0 Å². The maximum atomic E-state index is 13.2. The van der Waals surface area contributed by atoms with Gasteiger partial charge in [0.1, 0.15) is 10.7 Å². The zero-order valence-corrected chi connectivity index (χ0v) is 13.4. The van der Waals surface area contributed by atoms with Crippen LogP contribution in [0.15, 0.2) is 18.2 Å². The molecule has 6 heteroatoms. The van der Waals surface area contributed by atoms with Gasteiger partial charge in [0.15, 0.2) is 12.4 Å². The summed E-state index contributed by atoms with van der Waals surface area (Å²) in [4.78, 5) is 23.9. The Morgan fingerprint density at radius 3 is 2.62 bits per heavy atom. The van der Waals surface area contributed by atoms with Gasteiger partial charge in [-0.15, -0.1) is 11.3 Å². The molecule has 0 N–H and O–H groups in total. The molecule has 2 aromatic rings. The lowest BCUT2D eigenvalue weighted by Crippen LogP contribution is -2.26. The molecule has 0 saturated heterocycles. The first-order chi connectivity index (χ1) is 9.70. The Bertz CT molecular complexity index is 716. The molecule has 3 nitrogen and oxygen atoms in total. The third-order valence-corrected chi connectivity index (χ3v) is 4.58. The topological polar surface area (TPSA) is 43.4 Å². The molecule has 0 amide bonds. The van der Waals surface area contributed by atoms with Gasteiger partial charge in [0.25, 0.3) is 0 Å². The molecule has 1 aromatic heterocycles. The fourth-order valence-electron chi connectivity index (χ4n) is 1.58. The lowest BCUT2D eigenvalue weighted by molar-refractivity contribution is -0.129. The second-order valence-electron chi connectivity index (χ2n) is 5.63. The maximum absolute atomic E-state index is 13.2. The van der Waals surface area contributed by atoms with E-state index in [1.165, 1.54) is 18.2 Å². The molecule has 1 aromatic carbocycles. The van der Waals surface area contributed by atoms with Gasteiger partial charge in [0.05, 0.1) is 5.02 Å². The molecular formula is C15H14ClFO3S. The number of thiophene rings is 1. The Morgan fingerprint density at radius 1 is 1.33 bits per heavy atom. The highest BCUT2D eigenvalue weighted by Crippen LogP contribution is 2.36. The van der Waals surface area contributed by atoms with E-state index in [0.29, 0.717) is 10.1 Å². The smallest absolute Gasteiger partial charge is 0.350 e. The molecule has 0 aliphatic carbocycles. The summed E-state index contributed by atoms with van der Waals surface area (Å²) in [5.74, 6) is -1.25. The van der Waals surface area contributed by atoms with E-state index in [1.54, 1.807) is 20.8 Å². The van der Waals surface area contributed by atoms with Gasteiger partial charge in [-0.05, 0) is 18.2 Å². The summed E-state index contributed by atoms with van der Waals surface area (Å²) < 4.78 is 18.7. The molecule has 0 unspecified atom stereocenters. The summed E-state index contributed by atoms with van der Waals surface area (Å²) >= 11 is 7.16. The van der Waals surface area contributed by atoms with Crippen LogP contribution >= 0.6 is 22.9 Å². The van der Waals surface area contributed by atoms with Crippen LogP contribution in [-0.4, -0.2) is 18.4 Å². The SMILES string of the molecule is CC(C)(C)C(=O)COC(=O)c1sc2cc(F)ccc2c1Cl. The summed E-state index contributed by atoms with van der Waals surface area (Å²) in [7, 11) is 0. The highest BCUT2D eigenvalue weighted by Gasteiger charge is 2.24. The summed E-state index contributed by atoms with van der Waals surface area (Å²) in [5, 5.41) is 0.820. The Labute approximate surface area is 130 Å². The van der Waals surface area contributed by atoms with Crippen molar-refractivity contribution in [2.75, 3.05) is 6.61 Å². The van der Waals surface area contributed by atoms with Crippen LogP contribution in [-0.2, 0) is 9.53 Å². The number of hydrogen-bond donors (Lipinski definition) is 0. The molecule has 0 aliphatic rings. The van der Waals surface area contributed by atoms with Crippen LogP contribution in [0.4, 0.5) is 4.39 Å². The summed E-state index contributed by atoms with van der Waals surface area (Å²) in [6.45, 7) is 4.94. The van der Waals surface area contributed by atoms with Gasteiger partial charge in [0.2, 0.25) is 0 Å². The second kappa shape index (κ2) is 5.73. The van der Waals surface area contributed by atoms with E-state index in [0.717, 1.165) is 11.3 Å². The molecule has 0 bridgehead atoms. The van der Waals surface area contributed by atoms with Crippen LogP contribution in [0.2, 0.25) is 5.02 Å². The lowest BCUT2D eigenvalue weighted by Gasteiger charge is -2.15. The van der Waals surface area contributed by atoms with Crippen molar-refractivity contribution in [2.45, 2.75) is 20.8 Å². The number of ether oxygens (including phenoxy) is 1. The van der Waals surface area contributed by atoms with Crippen molar-refractivity contribution in [1.82, 2.24) is 0 Å². The van der Waals surface area contributed by atoms with E-state index in [-0.39, 0.29) is 22.3 Å². The third kappa shape index (κ3) is 3.41. The molecule has 0 saturated carbocycles. The van der Waals surface area contributed by atoms with E-state index in [9.17, 15) is 14.0 Å². The van der Waals surface area contributed by atoms with Crippen LogP contribution in [0.1, 0.15) is 30.4 Å². The quantitative estimate of drug-likeness (QED) is 0.781. The normalized spacial score (nSPS) is 11.7. The molecule has 0 fully saturated rings. The zero-order chi connectivity index (χ0) is 15.8. The van der Waals surface area contributed by atoms with Gasteiger partial charge in [-0.3, -0.25) is 4.79 Å². The molecule has 21 heavy (non-hydrogen) atoms. The average Bonchev–Trinajstić information content (AvgIpc) is 2.71. The molecule has 0 radical (unpaired) electrons. The number of hydrogen-bond acceptors (Lipinski definition) is 4. The van der Waals surface area contributed by atoms with Crippen LogP contribution < -0.4 is 0 Å². The number of rotatable bonds is 3. The van der Waals surface area contributed by atoms with E-state index in [4.69, 9.17) is 16.3 Å². The van der Waals surface area contributed by atoms with Gasteiger partial charge in [-0.1, -0.05) is 32.4 Å². The number of ketones is 1. The third-order valence-electron chi connectivity index (χ3n) is 2.95. The van der Waals surface area contributed by atoms with Crippen molar-refractivity contribution < 1.29 is 18.7 Å². The minimum absolute atomic E-state index is 0.180. The van der Waals surface area contributed by atoms with Crippen molar-refractivity contribution >= 4 is 44.8 Å². The fraction of sp³-hybridized carbons (Fsp3) is 0.333. The average molecular weight is 329 g/mol. The Balaban J connectivity index is 2.20. The fourth-order valence-corrected chi connectivity index (χ4v) is 3.01. The lowest BCUT2D eigenvalue weighted by atomic mass is 9.91. The van der Waals surface area contributed by atoms with E-state index in [1.807, 2.05) is 0 Å². The van der Waals surface area contributed by atoms with Crippen LogP contribution in [0.5, 0.6) is 0 Å². The van der Waals surface area contributed by atoms with E-state index >= 15 is 0 Å². The zero-order valence-electron chi connectivity index (χ0n) is 11.8. The highest BCUT2D eigenvalue weighted by atomic mass is 35.5. The van der Waals surface area contributed by atoms with Crippen molar-refractivity contribution in [3.8, 4) is 0 Å². The van der Waals surface area contributed by atoms with Crippen molar-refractivity contribution in [3.05, 3.63) is 33.9 Å². The first-order valence-corrected chi connectivity index (χ1v) is 7.47. The van der Waals surface area contributed by atoms with Crippen LogP contribution in [0.25, 0.3) is 10.1 Å². The van der Waals surface area contributed by atoms with Crippen LogP contribution in [0.3, 0.4) is 0 Å². The highest BCUT2D eigenvalue weighted by molar-refractivity contribution is 7.21. The summed E-state index contributed by atoms with van der Waals surface area (Å²) in [6, 6.07) is 4.10. The van der Waals surface area contributed by atoms with Crippen molar-refractivity contribution in [3.63, 3.8) is 0 Å². The van der Waals surface area contributed by atoms with E-state index in [2.05, 4.69) is 0 Å². The van der Waals surface area contributed by atoms with Gasteiger partial charge in [-0.25, -0.2) is 9.18 Å². The van der Waals surface area contributed by atoms with Crippen LogP contribution in [0, 0.1) is 11.2 Å². The second-order valence-corrected chi connectivity index (χ2v) is 7.07. The number of carbonyl (C=O) groups excluding carboxylic acids is 2. The standard InChI is InChI=1S/C15H14ClFO3S/c1-15(2,3)11(18)7-20-14(19)13-12(16)9-5-4-8(17)6-10(9)21-13/h4-6H,7H2,1-3H3. The first kappa shape index (κ1) is 15.9. The molecular weight excluding hydrogens is 315 g/mol. The minimum Gasteiger partial charge on any atom is -0.453 e. The van der Waals surface area contributed by atoms with E-state index < -0.39 is 17.2 Å². The van der Waals surface area contributed by atoms with Gasteiger partial charge < -0.3 is 4.74 Å². The number of halogens is 2. The van der Waals surface area contributed by atoms with Gasteiger partial charge in [-0.2, -0.15) is 0 Å². The predicted molar refractivity (Wildman–Crippen MR) is 81.5 cm³/mol. The Hall–Kier alpha value is -1.46. The van der Waals surface area contributed by atoms with Gasteiger partial charge >= 0.3 is 5.97 Å². The number of Topliss-reactive ketones (excluding diaryl/α,β-unsaturated/α-hetero) is 1. The maximum Gasteiger partial charge on any atom is 0.350 e. The predicted octanol–water partition coefficient (Wildman–Crippen LogP) is 4.47. The molecule has 0 atom stereocenters.